The van der Waals surface area contributed by atoms with E-state index in [1.807, 2.05) is 48.5 Å². The Balaban J connectivity index is 0.771. The van der Waals surface area contributed by atoms with Gasteiger partial charge >= 0.3 is 11.9 Å². The van der Waals surface area contributed by atoms with Crippen molar-refractivity contribution in [3.05, 3.63) is 65.2 Å². The molecule has 3 aliphatic rings. The van der Waals surface area contributed by atoms with Crippen molar-refractivity contribution in [1.82, 2.24) is 20.3 Å². The molecule has 40 heteroatoms. The second kappa shape index (κ2) is 75.8. The van der Waals surface area contributed by atoms with Crippen LogP contribution in [0.25, 0.3) is 0 Å². The summed E-state index contributed by atoms with van der Waals surface area (Å²) in [5.41, 5.74) is 3.33. The van der Waals surface area contributed by atoms with Gasteiger partial charge in [0.05, 0.1) is 349 Å². The van der Waals surface area contributed by atoms with Gasteiger partial charge < -0.3 is 138 Å². The molecular weight excluding hydrogens is 1640 g/mol. The molecule has 0 bridgehead atoms. The number of benzene rings is 2. The van der Waals surface area contributed by atoms with Crippen LogP contribution in [-0.2, 0) is 173 Å². The number of fused-ring (bicyclic) bond motifs is 2. The molecule has 5 rings (SSSR count). The van der Waals surface area contributed by atoms with Gasteiger partial charge in [0.15, 0.2) is 0 Å². The number of ether oxygens (including phenoxy) is 24. The first-order chi connectivity index (χ1) is 61.0. The third-order valence-electron chi connectivity index (χ3n) is 17.2. The standard InChI is InChI=1S/C84H131N5O35/c90-76(11-12-78(92)87-71-74-7-2-1-5-72(74)9-10-73-6-3-4-8-75(73)87)85-20-26-102-32-38-108-44-50-114-56-62-120-68-65-117-59-53-111-47-41-105-35-29-99-23-17-77(91)86(21-27-103-33-39-109-45-51-115-57-63-121-69-66-118-60-54-112-48-42-106-36-30-100-24-18-83(97)123-88-79(93)13-14-80(88)94)22-28-104-34-40-110-46-52-116-58-64-122-70-67-119-61-55-113-49-43-107-37-31-101-25-19-84(98)124-89-81(95)15-16-82(89)96/h1-8H,11-71H2,(H,85,90). The molecule has 0 aromatic heterocycles. The van der Waals surface area contributed by atoms with Crippen LogP contribution < -0.4 is 10.2 Å². The topological polar surface area (TPSA) is 419 Å². The lowest BCUT2D eigenvalue weighted by atomic mass is 10.0. The second-order valence-corrected chi connectivity index (χ2v) is 26.7. The van der Waals surface area contributed by atoms with Crippen LogP contribution in [0.4, 0.5) is 5.69 Å². The number of nitrogens with zero attached hydrogens (tertiary/aromatic N) is 4. The summed E-state index contributed by atoms with van der Waals surface area (Å²) in [6, 6.07) is 15.3. The summed E-state index contributed by atoms with van der Waals surface area (Å²) in [5.74, 6) is 2.35. The predicted molar refractivity (Wildman–Crippen MR) is 437 cm³/mol. The fourth-order valence-electron chi connectivity index (χ4n) is 10.8. The smallest absolute Gasteiger partial charge is 0.335 e. The van der Waals surface area contributed by atoms with Crippen molar-refractivity contribution in [3.8, 4) is 11.8 Å². The van der Waals surface area contributed by atoms with E-state index in [4.69, 9.17) is 123 Å². The molecule has 0 saturated carbocycles. The Morgan fingerprint density at radius 3 is 0.871 bits per heavy atom. The Morgan fingerprint density at radius 1 is 0.290 bits per heavy atom. The first kappa shape index (κ1) is 107. The number of para-hydroxylation sites is 1. The average Bonchev–Trinajstić information content (AvgIpc) is 0.892. The van der Waals surface area contributed by atoms with Crippen molar-refractivity contribution in [2.24, 2.45) is 0 Å². The minimum absolute atomic E-state index is 0.0346. The van der Waals surface area contributed by atoms with E-state index in [2.05, 4.69) is 17.2 Å². The van der Waals surface area contributed by atoms with Crippen LogP contribution in [0.15, 0.2) is 48.5 Å². The zero-order valence-corrected chi connectivity index (χ0v) is 71.8. The van der Waals surface area contributed by atoms with Gasteiger partial charge in [-0.1, -0.05) is 42.2 Å². The van der Waals surface area contributed by atoms with Crippen molar-refractivity contribution in [2.75, 3.05) is 342 Å². The molecule has 0 spiro atoms. The maximum Gasteiger partial charge on any atom is 0.335 e. The lowest BCUT2D eigenvalue weighted by molar-refractivity contribution is -0.198. The van der Waals surface area contributed by atoms with E-state index in [-0.39, 0.29) is 122 Å². The molecule has 0 radical (unpaired) electrons. The largest absolute Gasteiger partial charge is 0.379 e. The molecule has 3 heterocycles. The quantitative estimate of drug-likeness (QED) is 0.0556. The maximum absolute atomic E-state index is 13.4. The molecule has 0 unspecified atom stereocenters. The van der Waals surface area contributed by atoms with Crippen LogP contribution in [0, 0.1) is 11.8 Å². The van der Waals surface area contributed by atoms with E-state index in [0.29, 0.717) is 307 Å². The van der Waals surface area contributed by atoms with Crippen LogP contribution in [0.2, 0.25) is 0 Å². The van der Waals surface area contributed by atoms with Crippen LogP contribution in [0.3, 0.4) is 0 Å². The molecule has 7 amide bonds. The monoisotopic (exact) mass is 1770 g/mol. The first-order valence-electron chi connectivity index (χ1n) is 42.5. The van der Waals surface area contributed by atoms with E-state index in [1.165, 1.54) is 0 Å². The van der Waals surface area contributed by atoms with Gasteiger partial charge in [0.25, 0.3) is 23.6 Å². The van der Waals surface area contributed by atoms with Gasteiger partial charge in [-0.3, -0.25) is 33.6 Å². The normalized spacial score (nSPS) is 13.2. The molecule has 2 saturated heterocycles. The highest BCUT2D eigenvalue weighted by Gasteiger charge is 2.34. The fraction of sp³-hybridized carbons (Fsp3) is 0.726. The van der Waals surface area contributed by atoms with Gasteiger partial charge in [0.2, 0.25) is 17.7 Å². The molecule has 2 aromatic carbocycles. The third kappa shape index (κ3) is 56.0. The second-order valence-electron chi connectivity index (χ2n) is 26.7. The summed E-state index contributed by atoms with van der Waals surface area (Å²) >= 11 is 0. The number of nitrogens with one attached hydrogen (secondary N) is 1. The van der Waals surface area contributed by atoms with Crippen molar-refractivity contribution in [1.29, 1.82) is 0 Å². The SMILES string of the molecule is O=C(CCC(=O)N1Cc2ccccc2C#Cc2ccccc21)NCCOCCOCCOCCOCCOCCOCCOCCOCCC(=O)N(CCOCCOCCOCCOCCOCCOCCOCCOCCC(=O)ON1C(=O)CCC1=O)CCOCCOCCOCCOCCOCCOCCOCCOCCC(=O)ON1C(=O)CCC1=O. The van der Waals surface area contributed by atoms with Gasteiger partial charge in [-0.15, -0.1) is 10.1 Å². The van der Waals surface area contributed by atoms with Gasteiger partial charge in [0.1, 0.15) is 0 Å². The number of hydrogen-bond acceptors (Lipinski definition) is 35. The number of rotatable bonds is 86. The highest BCUT2D eigenvalue weighted by atomic mass is 16.7. The number of hydroxylamine groups is 4. The summed E-state index contributed by atoms with van der Waals surface area (Å²) in [5, 5.41) is 3.83. The van der Waals surface area contributed by atoms with Gasteiger partial charge in [-0.25, -0.2) is 9.59 Å². The molecule has 2 fully saturated rings. The molecular formula is C84H131N5O35. The zero-order valence-electron chi connectivity index (χ0n) is 71.8. The van der Waals surface area contributed by atoms with Crippen molar-refractivity contribution in [2.45, 2.75) is 64.3 Å². The zero-order chi connectivity index (χ0) is 88.1. The molecule has 124 heavy (non-hydrogen) atoms. The number of anilines is 1. The Morgan fingerprint density at radius 2 is 0.548 bits per heavy atom. The van der Waals surface area contributed by atoms with E-state index in [9.17, 15) is 43.2 Å². The van der Waals surface area contributed by atoms with Gasteiger partial charge in [-0.2, -0.15) is 0 Å². The van der Waals surface area contributed by atoms with Crippen LogP contribution in [-0.4, -0.2) is 405 Å². The molecule has 702 valence electrons. The van der Waals surface area contributed by atoms with Crippen LogP contribution in [0.1, 0.15) is 74.5 Å². The average molecular weight is 1770 g/mol. The van der Waals surface area contributed by atoms with E-state index < -0.39 is 35.6 Å². The number of imide groups is 2. The van der Waals surface area contributed by atoms with Crippen molar-refractivity contribution < 1.29 is 167 Å². The van der Waals surface area contributed by atoms with Crippen molar-refractivity contribution in [3.63, 3.8) is 0 Å². The highest BCUT2D eigenvalue weighted by Crippen LogP contribution is 2.26. The molecule has 1 N–H and O–H groups in total. The van der Waals surface area contributed by atoms with E-state index in [0.717, 1.165) is 22.4 Å². The Bertz CT molecular complexity index is 3090. The Kier molecular flexibility index (Phi) is 65.5. The Labute approximate surface area is 726 Å². The minimum atomic E-state index is -0.723. The summed E-state index contributed by atoms with van der Waals surface area (Å²) in [4.78, 5) is 122. The predicted octanol–water partition coefficient (Wildman–Crippen LogP) is 1.44. The Hall–Kier alpha value is -7.33. The summed E-state index contributed by atoms with van der Waals surface area (Å²) in [7, 11) is 0. The van der Waals surface area contributed by atoms with E-state index >= 15 is 0 Å². The number of amides is 7. The first-order valence-corrected chi connectivity index (χ1v) is 42.5. The molecule has 3 aliphatic heterocycles. The minimum Gasteiger partial charge on any atom is -0.379 e. The summed E-state index contributed by atoms with van der Waals surface area (Å²) in [6.07, 6.45) is 0.206. The number of carbonyl (C=O) groups is 9. The molecule has 40 nitrogen and oxygen atoms in total. The number of hydrogen-bond donors (Lipinski definition) is 1. The van der Waals surface area contributed by atoms with E-state index in [1.54, 1.807) is 9.80 Å². The van der Waals surface area contributed by atoms with Crippen LogP contribution in [0.5, 0.6) is 0 Å². The molecule has 0 aliphatic carbocycles. The lowest BCUT2D eigenvalue weighted by Crippen LogP contribution is -2.37. The van der Waals surface area contributed by atoms with Gasteiger partial charge in [0, 0.05) is 69.3 Å². The third-order valence-corrected chi connectivity index (χ3v) is 17.2. The molecule has 2 aromatic rings. The van der Waals surface area contributed by atoms with Crippen molar-refractivity contribution >= 4 is 59.0 Å². The molecule has 0 atom stereocenters. The summed E-state index contributed by atoms with van der Waals surface area (Å²) in [6.45, 7) is 18.1. The maximum atomic E-state index is 13.4. The van der Waals surface area contributed by atoms with Gasteiger partial charge in [-0.05, 0) is 23.8 Å². The summed E-state index contributed by atoms with van der Waals surface area (Å²) < 4.78 is 134. The number of carbonyl (C=O) groups excluding carboxylic acids is 9. The fourth-order valence-corrected chi connectivity index (χ4v) is 10.8. The van der Waals surface area contributed by atoms with Crippen LogP contribution >= 0.6 is 0 Å². The highest BCUT2D eigenvalue weighted by molar-refractivity contribution is 6.02. The lowest BCUT2D eigenvalue weighted by Gasteiger charge is -2.26.